The molecule has 7 heteroatoms. The lowest BCUT2D eigenvalue weighted by atomic mass is 10.1. The summed E-state index contributed by atoms with van der Waals surface area (Å²) in [6.45, 7) is 3.58. The molecule has 27 heavy (non-hydrogen) atoms. The number of ether oxygens (including phenoxy) is 1. The summed E-state index contributed by atoms with van der Waals surface area (Å²) in [7, 11) is 1.66. The van der Waals surface area contributed by atoms with Gasteiger partial charge in [-0.15, -0.1) is 0 Å². The molecule has 4 rings (SSSR count). The molecule has 1 amide bonds. The highest BCUT2D eigenvalue weighted by molar-refractivity contribution is 7.22. The van der Waals surface area contributed by atoms with E-state index in [2.05, 4.69) is 33.8 Å². The van der Waals surface area contributed by atoms with Gasteiger partial charge >= 0.3 is 0 Å². The van der Waals surface area contributed by atoms with Crippen molar-refractivity contribution in [3.63, 3.8) is 0 Å². The molecule has 3 heterocycles. The van der Waals surface area contributed by atoms with Crippen molar-refractivity contribution in [3.05, 3.63) is 53.5 Å². The summed E-state index contributed by atoms with van der Waals surface area (Å²) in [5, 5.41) is 3.39. The van der Waals surface area contributed by atoms with Gasteiger partial charge in [0.15, 0.2) is 5.13 Å². The topological polar surface area (TPSA) is 68.5 Å². The Bertz CT molecular complexity index is 1150. The van der Waals surface area contributed by atoms with Gasteiger partial charge in [0, 0.05) is 24.9 Å². The van der Waals surface area contributed by atoms with Gasteiger partial charge in [-0.3, -0.25) is 4.79 Å². The quantitative estimate of drug-likeness (QED) is 0.568. The molecule has 6 nitrogen and oxygen atoms in total. The summed E-state index contributed by atoms with van der Waals surface area (Å²) in [5.41, 5.74) is 5.28. The van der Waals surface area contributed by atoms with Crippen LogP contribution in [0.1, 0.15) is 23.9 Å². The second-order valence-corrected chi connectivity index (χ2v) is 7.47. The van der Waals surface area contributed by atoms with Gasteiger partial charge in [0.2, 0.25) is 5.91 Å². The third-order valence-electron chi connectivity index (χ3n) is 4.56. The molecule has 138 valence electrons. The van der Waals surface area contributed by atoms with Crippen molar-refractivity contribution in [3.8, 4) is 5.75 Å². The molecular weight excluding hydrogens is 360 g/mol. The summed E-state index contributed by atoms with van der Waals surface area (Å²) >= 11 is 1.50. The second-order valence-electron chi connectivity index (χ2n) is 6.44. The number of benzene rings is 1. The summed E-state index contributed by atoms with van der Waals surface area (Å²) in [4.78, 5) is 20.4. The lowest BCUT2D eigenvalue weighted by Gasteiger charge is -2.02. The van der Waals surface area contributed by atoms with Crippen LogP contribution in [0.15, 0.2) is 36.5 Å². The standard InChI is InChI=1S/C20H20N4O2S/c1-12-16(22-19-11-15(26-3)8-9-24(12)19)6-4-14-5-7-17-18(10-14)27-20(23-17)21-13(2)25/h5,7-11H,4,6H2,1-3H3,(H,21,23,25). The van der Waals surface area contributed by atoms with Gasteiger partial charge in [0.05, 0.1) is 23.0 Å². The predicted molar refractivity (Wildman–Crippen MR) is 108 cm³/mol. The number of methoxy groups -OCH3 is 1. The summed E-state index contributed by atoms with van der Waals surface area (Å²) in [6, 6.07) is 10.1. The van der Waals surface area contributed by atoms with Gasteiger partial charge in [-0.2, -0.15) is 0 Å². The number of thiazole rings is 1. The first kappa shape index (κ1) is 17.5. The molecule has 0 fully saturated rings. The van der Waals surface area contributed by atoms with Gasteiger partial charge in [-0.05, 0) is 43.5 Å². The van der Waals surface area contributed by atoms with Crippen LogP contribution in [0.5, 0.6) is 5.75 Å². The first-order chi connectivity index (χ1) is 13.0. The molecule has 0 unspecified atom stereocenters. The summed E-state index contributed by atoms with van der Waals surface area (Å²) < 4.78 is 8.45. The Balaban J connectivity index is 1.55. The average molecular weight is 380 g/mol. The highest BCUT2D eigenvalue weighted by Gasteiger charge is 2.10. The van der Waals surface area contributed by atoms with Crippen LogP contribution < -0.4 is 10.1 Å². The maximum atomic E-state index is 11.2. The zero-order valence-corrected chi connectivity index (χ0v) is 16.3. The average Bonchev–Trinajstić information content (AvgIpc) is 3.18. The highest BCUT2D eigenvalue weighted by Crippen LogP contribution is 2.27. The molecule has 0 saturated carbocycles. The lowest BCUT2D eigenvalue weighted by Crippen LogP contribution is -2.04. The molecule has 4 aromatic rings. The van der Waals surface area contributed by atoms with E-state index in [4.69, 9.17) is 9.72 Å². The Hall–Kier alpha value is -2.93. The molecule has 0 atom stereocenters. The van der Waals surface area contributed by atoms with Crippen molar-refractivity contribution in [2.45, 2.75) is 26.7 Å². The fraction of sp³-hybridized carbons (Fsp3) is 0.250. The minimum atomic E-state index is -0.103. The number of nitrogens with one attached hydrogen (secondary N) is 1. The van der Waals surface area contributed by atoms with Crippen molar-refractivity contribution >= 4 is 38.2 Å². The Morgan fingerprint density at radius 1 is 1.22 bits per heavy atom. The van der Waals surface area contributed by atoms with Gasteiger partial charge < -0.3 is 14.5 Å². The number of carbonyl (C=O) groups is 1. The number of rotatable bonds is 5. The third kappa shape index (κ3) is 3.50. The van der Waals surface area contributed by atoms with E-state index in [1.165, 1.54) is 23.8 Å². The van der Waals surface area contributed by atoms with Crippen molar-refractivity contribution in [1.29, 1.82) is 0 Å². The third-order valence-corrected chi connectivity index (χ3v) is 5.49. The van der Waals surface area contributed by atoms with Gasteiger partial charge in [0.25, 0.3) is 0 Å². The van der Waals surface area contributed by atoms with Crippen molar-refractivity contribution < 1.29 is 9.53 Å². The van der Waals surface area contributed by atoms with E-state index in [9.17, 15) is 4.79 Å². The van der Waals surface area contributed by atoms with E-state index >= 15 is 0 Å². The minimum absolute atomic E-state index is 0.103. The molecular formula is C20H20N4O2S. The number of amides is 1. The summed E-state index contributed by atoms with van der Waals surface area (Å²) in [5.74, 6) is 0.706. The van der Waals surface area contributed by atoms with E-state index < -0.39 is 0 Å². The summed E-state index contributed by atoms with van der Waals surface area (Å²) in [6.07, 6.45) is 3.75. The molecule has 0 aliphatic rings. The number of pyridine rings is 1. The largest absolute Gasteiger partial charge is 0.497 e. The number of aryl methyl sites for hydroxylation is 3. The second kappa shape index (κ2) is 7.00. The lowest BCUT2D eigenvalue weighted by molar-refractivity contribution is -0.114. The minimum Gasteiger partial charge on any atom is -0.497 e. The number of aromatic nitrogens is 3. The first-order valence-electron chi connectivity index (χ1n) is 8.72. The van der Waals surface area contributed by atoms with Gasteiger partial charge in [-0.25, -0.2) is 9.97 Å². The molecule has 0 aliphatic carbocycles. The first-order valence-corrected chi connectivity index (χ1v) is 9.54. The molecule has 3 aromatic heterocycles. The van der Waals surface area contributed by atoms with Crippen molar-refractivity contribution in [1.82, 2.24) is 14.4 Å². The van der Waals surface area contributed by atoms with Crippen molar-refractivity contribution in [2.75, 3.05) is 12.4 Å². The molecule has 1 N–H and O–H groups in total. The predicted octanol–water partition coefficient (Wildman–Crippen LogP) is 4.00. The number of fused-ring (bicyclic) bond motifs is 2. The van der Waals surface area contributed by atoms with E-state index in [1.54, 1.807) is 7.11 Å². The number of hydrogen-bond donors (Lipinski definition) is 1. The smallest absolute Gasteiger partial charge is 0.223 e. The molecule has 0 saturated heterocycles. The van der Waals surface area contributed by atoms with Crippen LogP contribution in [0.4, 0.5) is 5.13 Å². The Morgan fingerprint density at radius 3 is 2.85 bits per heavy atom. The molecule has 0 radical (unpaired) electrons. The van der Waals surface area contributed by atoms with Crippen molar-refractivity contribution in [2.24, 2.45) is 0 Å². The van der Waals surface area contributed by atoms with Crippen LogP contribution in [0, 0.1) is 6.92 Å². The Labute approximate surface area is 160 Å². The monoisotopic (exact) mass is 380 g/mol. The number of carbonyl (C=O) groups excluding carboxylic acids is 1. The van der Waals surface area contributed by atoms with E-state index in [-0.39, 0.29) is 5.91 Å². The zero-order chi connectivity index (χ0) is 19.0. The maximum Gasteiger partial charge on any atom is 0.223 e. The van der Waals surface area contributed by atoms with E-state index in [0.717, 1.165) is 45.8 Å². The highest BCUT2D eigenvalue weighted by atomic mass is 32.1. The van der Waals surface area contributed by atoms with Crippen LogP contribution in [-0.4, -0.2) is 27.4 Å². The van der Waals surface area contributed by atoms with Crippen LogP contribution in [0.25, 0.3) is 15.9 Å². The number of anilines is 1. The normalized spacial score (nSPS) is 11.2. The van der Waals surface area contributed by atoms with Crippen LogP contribution in [0.3, 0.4) is 0 Å². The molecule has 0 spiro atoms. The fourth-order valence-corrected chi connectivity index (χ4v) is 4.13. The maximum absolute atomic E-state index is 11.2. The van der Waals surface area contributed by atoms with Crippen LogP contribution in [-0.2, 0) is 17.6 Å². The zero-order valence-electron chi connectivity index (χ0n) is 15.4. The number of imidazole rings is 1. The SMILES string of the molecule is COc1ccn2c(C)c(CCc3ccc4nc(NC(C)=O)sc4c3)nc2c1. The molecule has 0 bridgehead atoms. The molecule has 0 aliphatic heterocycles. The van der Waals surface area contributed by atoms with E-state index in [1.807, 2.05) is 24.4 Å². The van der Waals surface area contributed by atoms with Crippen LogP contribution >= 0.6 is 11.3 Å². The Kier molecular flexibility index (Phi) is 4.53. The number of nitrogens with zero attached hydrogens (tertiary/aromatic N) is 3. The molecule has 1 aromatic carbocycles. The van der Waals surface area contributed by atoms with E-state index in [0.29, 0.717) is 5.13 Å². The number of hydrogen-bond acceptors (Lipinski definition) is 5. The fourth-order valence-electron chi connectivity index (χ4n) is 3.15. The van der Waals surface area contributed by atoms with Gasteiger partial charge in [0.1, 0.15) is 11.4 Å². The Morgan fingerprint density at radius 2 is 2.07 bits per heavy atom. The van der Waals surface area contributed by atoms with Gasteiger partial charge in [-0.1, -0.05) is 17.4 Å². The van der Waals surface area contributed by atoms with Crippen LogP contribution in [0.2, 0.25) is 0 Å².